The maximum absolute atomic E-state index is 11.9. The van der Waals surface area contributed by atoms with Gasteiger partial charge in [-0.05, 0) is 6.07 Å². The molecule has 2 aromatic rings. The monoisotopic (exact) mass is 293 g/mol. The molecule has 0 spiro atoms. The van der Waals surface area contributed by atoms with Crippen LogP contribution in [0.4, 0.5) is 0 Å². The quantitative estimate of drug-likeness (QED) is 0.728. The van der Waals surface area contributed by atoms with E-state index in [4.69, 9.17) is 0 Å². The lowest BCUT2D eigenvalue weighted by Crippen LogP contribution is -2.43. The molecule has 8 heteroatoms. The normalized spacial score (nSPS) is 23.1. The minimum atomic E-state index is -0.569. The van der Waals surface area contributed by atoms with Gasteiger partial charge < -0.3 is 10.4 Å². The molecule has 0 aromatic carbocycles. The number of aromatic amines is 1. The first-order chi connectivity index (χ1) is 9.72. The van der Waals surface area contributed by atoms with E-state index in [2.05, 4.69) is 25.4 Å². The lowest BCUT2D eigenvalue weighted by atomic mass is 10.2. The molecule has 1 saturated heterocycles. The number of rotatable bonds is 4. The Hall–Kier alpha value is -1.77. The van der Waals surface area contributed by atoms with Gasteiger partial charge in [0.05, 0.1) is 23.4 Å². The number of hydrogen-bond donors (Lipinski definition) is 3. The highest BCUT2D eigenvalue weighted by Crippen LogP contribution is 2.14. The second-order valence-electron chi connectivity index (χ2n) is 4.79. The molecule has 0 saturated carbocycles. The van der Waals surface area contributed by atoms with Crippen LogP contribution in [0, 0.1) is 0 Å². The van der Waals surface area contributed by atoms with Gasteiger partial charge in [-0.3, -0.25) is 14.8 Å². The highest BCUT2D eigenvalue weighted by atomic mass is 32.1. The average molecular weight is 293 g/mol. The van der Waals surface area contributed by atoms with E-state index in [9.17, 15) is 9.90 Å². The summed E-state index contributed by atoms with van der Waals surface area (Å²) in [5.74, 6) is -0.248. The Labute approximate surface area is 119 Å². The highest BCUT2D eigenvalue weighted by molar-refractivity contribution is 7.07. The number of amides is 1. The van der Waals surface area contributed by atoms with E-state index in [1.54, 1.807) is 22.9 Å². The summed E-state index contributed by atoms with van der Waals surface area (Å²) in [5.41, 5.74) is 3.18. The van der Waals surface area contributed by atoms with Crippen molar-refractivity contribution in [1.29, 1.82) is 0 Å². The van der Waals surface area contributed by atoms with Crippen molar-refractivity contribution in [3.63, 3.8) is 0 Å². The van der Waals surface area contributed by atoms with Gasteiger partial charge in [0.2, 0.25) is 0 Å². The third kappa shape index (κ3) is 2.87. The van der Waals surface area contributed by atoms with Gasteiger partial charge >= 0.3 is 0 Å². The van der Waals surface area contributed by atoms with Crippen molar-refractivity contribution in [2.24, 2.45) is 0 Å². The standard InChI is InChI=1S/C12H15N5O2S/c18-11-5-17(3-8-6-20-7-13-8)4-10(11)15-12(19)9-1-2-14-16-9/h1-2,6-7,10-11,18H,3-5H2,(H,14,16)(H,15,19)/t10-,11-/m1/s1. The number of aromatic nitrogens is 3. The number of aliphatic hydroxyl groups is 1. The van der Waals surface area contributed by atoms with Gasteiger partial charge in [0.25, 0.3) is 5.91 Å². The number of carbonyl (C=O) groups is 1. The second kappa shape index (κ2) is 5.70. The lowest BCUT2D eigenvalue weighted by molar-refractivity contribution is 0.0883. The third-order valence-corrected chi connectivity index (χ3v) is 3.93. The Balaban J connectivity index is 1.57. The van der Waals surface area contributed by atoms with Crippen molar-refractivity contribution in [2.75, 3.05) is 13.1 Å². The van der Waals surface area contributed by atoms with Gasteiger partial charge in [0, 0.05) is 31.2 Å². The van der Waals surface area contributed by atoms with E-state index in [-0.39, 0.29) is 11.9 Å². The van der Waals surface area contributed by atoms with E-state index >= 15 is 0 Å². The van der Waals surface area contributed by atoms with Crippen LogP contribution < -0.4 is 5.32 Å². The van der Waals surface area contributed by atoms with Crippen molar-refractivity contribution in [1.82, 2.24) is 25.4 Å². The summed E-state index contributed by atoms with van der Waals surface area (Å²) < 4.78 is 0. The summed E-state index contributed by atoms with van der Waals surface area (Å²) in [6, 6.07) is 1.33. The minimum absolute atomic E-state index is 0.248. The molecule has 1 amide bonds. The molecule has 7 nitrogen and oxygen atoms in total. The highest BCUT2D eigenvalue weighted by Gasteiger charge is 2.32. The van der Waals surface area contributed by atoms with Crippen LogP contribution >= 0.6 is 11.3 Å². The van der Waals surface area contributed by atoms with Gasteiger partial charge in [-0.2, -0.15) is 5.10 Å². The molecule has 0 bridgehead atoms. The summed E-state index contributed by atoms with van der Waals surface area (Å²) in [5, 5.41) is 21.2. The summed E-state index contributed by atoms with van der Waals surface area (Å²) in [4.78, 5) is 18.2. The summed E-state index contributed by atoms with van der Waals surface area (Å²) in [6.07, 6.45) is 0.953. The molecule has 0 radical (unpaired) electrons. The molecule has 3 rings (SSSR count). The van der Waals surface area contributed by atoms with Crippen LogP contribution in [0.25, 0.3) is 0 Å². The van der Waals surface area contributed by atoms with Crippen LogP contribution in [0.5, 0.6) is 0 Å². The molecule has 2 aromatic heterocycles. The van der Waals surface area contributed by atoms with Crippen molar-refractivity contribution in [3.05, 3.63) is 34.5 Å². The number of hydrogen-bond acceptors (Lipinski definition) is 6. The molecule has 0 aliphatic carbocycles. The molecule has 3 heterocycles. The molecule has 2 atom stereocenters. The van der Waals surface area contributed by atoms with Crippen LogP contribution in [0.1, 0.15) is 16.2 Å². The Morgan fingerprint density at radius 3 is 3.20 bits per heavy atom. The Morgan fingerprint density at radius 1 is 1.60 bits per heavy atom. The molecule has 20 heavy (non-hydrogen) atoms. The molecule has 1 fully saturated rings. The first kappa shape index (κ1) is 13.2. The van der Waals surface area contributed by atoms with Crippen LogP contribution in [-0.4, -0.2) is 56.3 Å². The Kier molecular flexibility index (Phi) is 3.77. The molecule has 106 valence electrons. The number of aliphatic hydroxyl groups excluding tert-OH is 1. The van der Waals surface area contributed by atoms with Gasteiger partial charge in [0.15, 0.2) is 0 Å². The second-order valence-corrected chi connectivity index (χ2v) is 5.51. The van der Waals surface area contributed by atoms with Gasteiger partial charge in [-0.1, -0.05) is 0 Å². The predicted octanol–water partition coefficient (Wildman–Crippen LogP) is -0.159. The van der Waals surface area contributed by atoms with Crippen LogP contribution in [0.2, 0.25) is 0 Å². The van der Waals surface area contributed by atoms with Gasteiger partial charge in [-0.15, -0.1) is 11.3 Å². The van der Waals surface area contributed by atoms with Crippen LogP contribution in [0.3, 0.4) is 0 Å². The Morgan fingerprint density at radius 2 is 2.50 bits per heavy atom. The van der Waals surface area contributed by atoms with Gasteiger partial charge in [-0.25, -0.2) is 4.98 Å². The number of likely N-dealkylation sites (tertiary alicyclic amines) is 1. The zero-order chi connectivity index (χ0) is 13.9. The average Bonchev–Trinajstić information content (AvgIpc) is 3.14. The predicted molar refractivity (Wildman–Crippen MR) is 73.2 cm³/mol. The van der Waals surface area contributed by atoms with E-state index < -0.39 is 6.10 Å². The first-order valence-corrected chi connectivity index (χ1v) is 7.24. The fourth-order valence-electron chi connectivity index (χ4n) is 2.31. The number of carbonyl (C=O) groups excluding carboxylic acids is 1. The number of β-amino-alcohol motifs (C(OH)–C–C–N with tert-alkyl or cyclic N) is 1. The fraction of sp³-hybridized carbons (Fsp3) is 0.417. The largest absolute Gasteiger partial charge is 0.390 e. The van der Waals surface area contributed by atoms with Crippen molar-refractivity contribution in [2.45, 2.75) is 18.7 Å². The molecule has 1 aliphatic rings. The van der Waals surface area contributed by atoms with E-state index in [1.165, 1.54) is 6.20 Å². The third-order valence-electron chi connectivity index (χ3n) is 3.30. The number of H-pyrrole nitrogens is 1. The maximum Gasteiger partial charge on any atom is 0.269 e. The maximum atomic E-state index is 11.9. The molecule has 1 aliphatic heterocycles. The molecular weight excluding hydrogens is 278 g/mol. The zero-order valence-electron chi connectivity index (χ0n) is 10.7. The van der Waals surface area contributed by atoms with E-state index in [0.717, 1.165) is 5.69 Å². The van der Waals surface area contributed by atoms with Gasteiger partial charge in [0.1, 0.15) is 5.69 Å². The fourth-order valence-corrected chi connectivity index (χ4v) is 2.86. The molecular formula is C12H15N5O2S. The first-order valence-electron chi connectivity index (χ1n) is 6.30. The summed E-state index contributed by atoms with van der Waals surface area (Å²) in [7, 11) is 0. The lowest BCUT2D eigenvalue weighted by Gasteiger charge is -2.15. The topological polar surface area (TPSA) is 94.1 Å². The zero-order valence-corrected chi connectivity index (χ0v) is 11.5. The van der Waals surface area contributed by atoms with Crippen molar-refractivity contribution >= 4 is 17.2 Å². The summed E-state index contributed by atoms with van der Waals surface area (Å²) in [6.45, 7) is 1.83. The number of nitrogens with zero attached hydrogens (tertiary/aromatic N) is 3. The number of nitrogens with one attached hydrogen (secondary N) is 2. The van der Waals surface area contributed by atoms with E-state index in [1.807, 2.05) is 5.38 Å². The smallest absolute Gasteiger partial charge is 0.269 e. The van der Waals surface area contributed by atoms with Crippen molar-refractivity contribution in [3.8, 4) is 0 Å². The van der Waals surface area contributed by atoms with Crippen molar-refractivity contribution < 1.29 is 9.90 Å². The molecule has 0 unspecified atom stereocenters. The van der Waals surface area contributed by atoms with E-state index in [0.29, 0.717) is 25.3 Å². The van der Waals surface area contributed by atoms with Crippen LogP contribution in [-0.2, 0) is 6.54 Å². The molecule has 3 N–H and O–H groups in total. The SMILES string of the molecule is O=C(N[C@@H]1CN(Cc2cscn2)C[C@H]1O)c1ccn[nH]1. The minimum Gasteiger partial charge on any atom is -0.390 e. The number of thiazole rings is 1. The Bertz CT molecular complexity index is 556. The van der Waals surface area contributed by atoms with Crippen LogP contribution in [0.15, 0.2) is 23.2 Å². The summed E-state index contributed by atoms with van der Waals surface area (Å²) >= 11 is 1.55.